The number of anilines is 3. The Morgan fingerprint density at radius 2 is 1.78 bits per heavy atom. The highest BCUT2D eigenvalue weighted by Gasteiger charge is 2.28. The Labute approximate surface area is 216 Å². The molecular weight excluding hydrogens is 477 g/mol. The van der Waals surface area contributed by atoms with Crippen molar-refractivity contribution in [2.75, 3.05) is 44.6 Å². The maximum atomic E-state index is 13.2. The van der Waals surface area contributed by atoms with E-state index < -0.39 is 0 Å². The van der Waals surface area contributed by atoms with Gasteiger partial charge >= 0.3 is 0 Å². The number of methoxy groups -OCH3 is 3. The number of halogens is 1. The number of hydrogen-bond donors (Lipinski definition) is 2. The van der Waals surface area contributed by atoms with Crippen molar-refractivity contribution in [2.24, 2.45) is 5.92 Å². The van der Waals surface area contributed by atoms with Crippen molar-refractivity contribution in [3.63, 3.8) is 0 Å². The van der Waals surface area contributed by atoms with Gasteiger partial charge in [0.25, 0.3) is 0 Å². The Hall–Kier alpha value is -4.08. The fraction of sp³-hybridized carbons (Fsp3) is 0.370. The maximum absolute atomic E-state index is 13.2. The van der Waals surface area contributed by atoms with E-state index in [0.29, 0.717) is 35.4 Å². The molecule has 0 saturated carbocycles. The van der Waals surface area contributed by atoms with Gasteiger partial charge < -0.3 is 29.7 Å². The highest BCUT2D eigenvalue weighted by atomic mass is 19.1. The number of carbonyl (C=O) groups is 1. The highest BCUT2D eigenvalue weighted by Crippen LogP contribution is 2.40. The molecule has 0 radical (unpaired) electrons. The third kappa shape index (κ3) is 6.19. The molecule has 2 N–H and O–H groups in total. The molecule has 1 aliphatic rings. The average Bonchev–Trinajstić information content (AvgIpc) is 2.93. The third-order valence-corrected chi connectivity index (χ3v) is 6.41. The van der Waals surface area contributed by atoms with E-state index in [9.17, 15) is 9.18 Å². The van der Waals surface area contributed by atoms with Crippen LogP contribution in [0.4, 0.5) is 21.8 Å². The Kier molecular flexibility index (Phi) is 8.27. The molecule has 0 aliphatic carbocycles. The van der Waals surface area contributed by atoms with Gasteiger partial charge in [-0.1, -0.05) is 12.1 Å². The zero-order valence-corrected chi connectivity index (χ0v) is 21.5. The Bertz CT molecular complexity index is 1200. The number of aromatic nitrogens is 2. The minimum Gasteiger partial charge on any atom is -0.493 e. The van der Waals surface area contributed by atoms with Crippen LogP contribution in [0.3, 0.4) is 0 Å². The van der Waals surface area contributed by atoms with E-state index >= 15 is 0 Å². The molecule has 2 aromatic carbocycles. The fourth-order valence-corrected chi connectivity index (χ4v) is 4.43. The summed E-state index contributed by atoms with van der Waals surface area (Å²) in [6, 6.07) is 11.4. The van der Waals surface area contributed by atoms with Crippen molar-refractivity contribution in [1.29, 1.82) is 0 Å². The number of benzene rings is 2. The van der Waals surface area contributed by atoms with Crippen LogP contribution in [0.2, 0.25) is 0 Å². The van der Waals surface area contributed by atoms with Gasteiger partial charge in [0.2, 0.25) is 17.6 Å². The molecule has 0 spiro atoms. The van der Waals surface area contributed by atoms with E-state index in [2.05, 4.69) is 25.5 Å². The van der Waals surface area contributed by atoms with Gasteiger partial charge in [0.05, 0.1) is 33.3 Å². The molecule has 1 unspecified atom stereocenters. The van der Waals surface area contributed by atoms with E-state index in [1.807, 2.05) is 13.0 Å². The molecule has 1 aromatic heterocycles. The maximum Gasteiger partial charge on any atom is 0.229 e. The number of carbonyl (C=O) groups excluding carboxylic acids is 1. The smallest absolute Gasteiger partial charge is 0.229 e. The predicted octanol–water partition coefficient (Wildman–Crippen LogP) is 4.48. The molecule has 1 amide bonds. The summed E-state index contributed by atoms with van der Waals surface area (Å²) in [6.45, 7) is 3.23. The standard InChI is InChI=1S/C27H32FN5O4/c1-17(18-7-9-20(28)10-8-18)30-26(34)19-6-5-13-33(16-19)24-11-12-29-27(32-24)31-21-14-22(35-2)25(37-4)23(15-21)36-3/h7-12,14-15,17,19H,5-6,13,16H2,1-4H3,(H,30,34)(H,29,31,32)/t17?,19-/m0/s1. The predicted molar refractivity (Wildman–Crippen MR) is 139 cm³/mol. The summed E-state index contributed by atoms with van der Waals surface area (Å²) in [5, 5.41) is 6.26. The van der Waals surface area contributed by atoms with Gasteiger partial charge in [-0.3, -0.25) is 4.79 Å². The second kappa shape index (κ2) is 11.8. The molecule has 196 valence electrons. The second-order valence-corrected chi connectivity index (χ2v) is 8.84. The summed E-state index contributed by atoms with van der Waals surface area (Å²) in [5.41, 5.74) is 1.54. The van der Waals surface area contributed by atoms with E-state index in [-0.39, 0.29) is 23.7 Å². The first kappa shape index (κ1) is 26.0. The summed E-state index contributed by atoms with van der Waals surface area (Å²) in [7, 11) is 4.67. The number of piperidine rings is 1. The van der Waals surface area contributed by atoms with Crippen LogP contribution in [0.1, 0.15) is 31.4 Å². The molecule has 3 aromatic rings. The van der Waals surface area contributed by atoms with Crippen molar-refractivity contribution >= 4 is 23.4 Å². The topological polar surface area (TPSA) is 97.8 Å². The lowest BCUT2D eigenvalue weighted by molar-refractivity contribution is -0.125. The minimum atomic E-state index is -0.297. The molecule has 1 fully saturated rings. The lowest BCUT2D eigenvalue weighted by Crippen LogP contribution is -2.44. The van der Waals surface area contributed by atoms with Gasteiger partial charge in [-0.2, -0.15) is 4.98 Å². The van der Waals surface area contributed by atoms with Crippen LogP contribution in [-0.2, 0) is 4.79 Å². The lowest BCUT2D eigenvalue weighted by atomic mass is 9.96. The molecule has 1 saturated heterocycles. The number of hydrogen-bond acceptors (Lipinski definition) is 8. The third-order valence-electron chi connectivity index (χ3n) is 6.41. The molecule has 0 bridgehead atoms. The van der Waals surface area contributed by atoms with Gasteiger partial charge in [-0.25, -0.2) is 9.37 Å². The van der Waals surface area contributed by atoms with Crippen molar-refractivity contribution in [3.8, 4) is 17.2 Å². The van der Waals surface area contributed by atoms with Gasteiger partial charge in [-0.05, 0) is 43.5 Å². The van der Waals surface area contributed by atoms with Crippen LogP contribution in [0.25, 0.3) is 0 Å². The second-order valence-electron chi connectivity index (χ2n) is 8.84. The number of nitrogens with zero attached hydrogens (tertiary/aromatic N) is 3. The summed E-state index contributed by atoms with van der Waals surface area (Å²) in [4.78, 5) is 24.1. The first-order valence-corrected chi connectivity index (χ1v) is 12.1. The Morgan fingerprint density at radius 3 is 2.43 bits per heavy atom. The van der Waals surface area contributed by atoms with Gasteiger partial charge in [0.15, 0.2) is 11.5 Å². The number of nitrogens with one attached hydrogen (secondary N) is 2. The molecule has 2 heterocycles. The Morgan fingerprint density at radius 1 is 1.08 bits per heavy atom. The van der Waals surface area contributed by atoms with Crippen molar-refractivity contribution in [1.82, 2.24) is 15.3 Å². The summed E-state index contributed by atoms with van der Waals surface area (Å²) < 4.78 is 29.5. The first-order valence-electron chi connectivity index (χ1n) is 12.1. The molecule has 37 heavy (non-hydrogen) atoms. The minimum absolute atomic E-state index is 0.0219. The van der Waals surface area contributed by atoms with E-state index in [0.717, 1.165) is 30.8 Å². The summed E-state index contributed by atoms with van der Waals surface area (Å²) >= 11 is 0. The van der Waals surface area contributed by atoms with Gasteiger partial charge in [0, 0.05) is 37.1 Å². The van der Waals surface area contributed by atoms with E-state index in [1.54, 1.807) is 51.8 Å². The molecule has 10 heteroatoms. The zero-order valence-electron chi connectivity index (χ0n) is 21.5. The number of amides is 1. The normalized spacial score (nSPS) is 16.0. The van der Waals surface area contributed by atoms with Crippen molar-refractivity contribution in [2.45, 2.75) is 25.8 Å². The fourth-order valence-electron chi connectivity index (χ4n) is 4.43. The first-order chi connectivity index (χ1) is 17.9. The van der Waals surface area contributed by atoms with Crippen LogP contribution >= 0.6 is 0 Å². The number of ether oxygens (including phenoxy) is 3. The summed E-state index contributed by atoms with van der Waals surface area (Å²) in [6.07, 6.45) is 3.34. The SMILES string of the molecule is COc1cc(Nc2nccc(N3CCC[C@H](C(=O)NC(C)c4ccc(F)cc4)C3)n2)cc(OC)c1OC. The van der Waals surface area contributed by atoms with Crippen molar-refractivity contribution in [3.05, 3.63) is 60.0 Å². The molecule has 1 aliphatic heterocycles. The van der Waals surface area contributed by atoms with Gasteiger partial charge in [0.1, 0.15) is 11.6 Å². The van der Waals surface area contributed by atoms with E-state index in [4.69, 9.17) is 14.2 Å². The van der Waals surface area contributed by atoms with E-state index in [1.165, 1.54) is 12.1 Å². The van der Waals surface area contributed by atoms with Crippen molar-refractivity contribution < 1.29 is 23.4 Å². The largest absolute Gasteiger partial charge is 0.493 e. The lowest BCUT2D eigenvalue weighted by Gasteiger charge is -2.33. The molecule has 2 atom stereocenters. The summed E-state index contributed by atoms with van der Waals surface area (Å²) in [5.74, 6) is 2.16. The molecular formula is C27H32FN5O4. The monoisotopic (exact) mass is 509 g/mol. The quantitative estimate of drug-likeness (QED) is 0.436. The van der Waals surface area contributed by atoms with Crippen LogP contribution in [0.15, 0.2) is 48.7 Å². The van der Waals surface area contributed by atoms with Crippen LogP contribution in [0, 0.1) is 11.7 Å². The van der Waals surface area contributed by atoms with Crippen LogP contribution < -0.4 is 29.7 Å². The molecule has 4 rings (SSSR count). The average molecular weight is 510 g/mol. The van der Waals surface area contributed by atoms with Gasteiger partial charge in [-0.15, -0.1) is 0 Å². The highest BCUT2D eigenvalue weighted by molar-refractivity contribution is 5.80. The van der Waals surface area contributed by atoms with Crippen LogP contribution in [0.5, 0.6) is 17.2 Å². The van der Waals surface area contributed by atoms with Crippen LogP contribution in [-0.4, -0.2) is 50.3 Å². The molecule has 9 nitrogen and oxygen atoms in total. The number of rotatable bonds is 9. The zero-order chi connectivity index (χ0) is 26.4. The Balaban J connectivity index is 1.44.